The van der Waals surface area contributed by atoms with Crippen molar-refractivity contribution in [3.63, 3.8) is 0 Å². The van der Waals surface area contributed by atoms with Gasteiger partial charge in [-0.15, -0.1) is 0 Å². The minimum atomic E-state index is 0.275. The number of nitrogens with one attached hydrogen (secondary N) is 1. The van der Waals surface area contributed by atoms with Gasteiger partial charge < -0.3 is 10.1 Å². The van der Waals surface area contributed by atoms with Crippen LogP contribution in [0.3, 0.4) is 0 Å². The number of aromatic nitrogens is 1. The second kappa shape index (κ2) is 4.06. The summed E-state index contributed by atoms with van der Waals surface area (Å²) in [6.07, 6.45) is 4.76. The molecule has 0 atom stereocenters. The lowest BCUT2D eigenvalue weighted by molar-refractivity contribution is 0.455. The van der Waals surface area contributed by atoms with Gasteiger partial charge in [0.15, 0.2) is 5.88 Å². The molecule has 0 aromatic carbocycles. The highest BCUT2D eigenvalue weighted by molar-refractivity contribution is 5.16. The van der Waals surface area contributed by atoms with Crippen LogP contribution in [0.25, 0.3) is 0 Å². The van der Waals surface area contributed by atoms with Crippen LogP contribution in [0.15, 0.2) is 12.1 Å². The van der Waals surface area contributed by atoms with Gasteiger partial charge in [0.1, 0.15) is 0 Å². The van der Waals surface area contributed by atoms with E-state index >= 15 is 0 Å². The van der Waals surface area contributed by atoms with Gasteiger partial charge in [0.2, 0.25) is 0 Å². The van der Waals surface area contributed by atoms with Crippen molar-refractivity contribution in [3.8, 4) is 5.88 Å². The van der Waals surface area contributed by atoms with E-state index in [1.807, 2.05) is 6.07 Å². The maximum Gasteiger partial charge on any atom is 0.188 e. The van der Waals surface area contributed by atoms with Crippen LogP contribution in [-0.4, -0.2) is 10.1 Å². The maximum atomic E-state index is 8.95. The van der Waals surface area contributed by atoms with Crippen LogP contribution in [0.4, 0.5) is 0 Å². The minimum Gasteiger partial charge on any atom is -0.495 e. The molecule has 0 radical (unpaired) electrons. The number of unbranched alkanes of at least 4 members (excludes halogenated alkanes) is 2. The number of hydrogen-bond acceptors (Lipinski definition) is 1. The molecule has 0 saturated heterocycles. The summed E-state index contributed by atoms with van der Waals surface area (Å²) in [4.78, 5) is 2.89. The van der Waals surface area contributed by atoms with Crippen LogP contribution in [-0.2, 0) is 6.42 Å². The normalized spacial score (nSPS) is 10.3. The molecule has 2 nitrogen and oxygen atoms in total. The molecule has 2 heteroatoms. The summed E-state index contributed by atoms with van der Waals surface area (Å²) >= 11 is 0. The van der Waals surface area contributed by atoms with E-state index in [0.29, 0.717) is 0 Å². The first kappa shape index (κ1) is 8.18. The van der Waals surface area contributed by atoms with Gasteiger partial charge in [0.05, 0.1) is 0 Å². The van der Waals surface area contributed by atoms with E-state index in [1.165, 1.54) is 19.3 Å². The largest absolute Gasteiger partial charge is 0.495 e. The Hall–Kier alpha value is -0.920. The van der Waals surface area contributed by atoms with Crippen molar-refractivity contribution < 1.29 is 5.11 Å². The zero-order valence-electron chi connectivity index (χ0n) is 6.93. The molecular weight excluding hydrogens is 138 g/mol. The van der Waals surface area contributed by atoms with Crippen LogP contribution < -0.4 is 0 Å². The lowest BCUT2D eigenvalue weighted by atomic mass is 10.2. The Morgan fingerprint density at radius 1 is 1.36 bits per heavy atom. The highest BCUT2D eigenvalue weighted by atomic mass is 16.3. The summed E-state index contributed by atoms with van der Waals surface area (Å²) in [6.45, 7) is 2.19. The van der Waals surface area contributed by atoms with Crippen molar-refractivity contribution >= 4 is 0 Å². The highest BCUT2D eigenvalue weighted by Gasteiger charge is 1.95. The van der Waals surface area contributed by atoms with E-state index < -0.39 is 0 Å². The number of hydrogen-bond donors (Lipinski definition) is 2. The lowest BCUT2D eigenvalue weighted by Crippen LogP contribution is -1.83. The molecule has 1 heterocycles. The van der Waals surface area contributed by atoms with Gasteiger partial charge in [-0.3, -0.25) is 0 Å². The second-order valence-corrected chi connectivity index (χ2v) is 2.83. The molecule has 0 amide bonds. The third-order valence-corrected chi connectivity index (χ3v) is 1.78. The molecule has 0 aliphatic heterocycles. The van der Waals surface area contributed by atoms with E-state index in [4.69, 9.17) is 5.11 Å². The fraction of sp³-hybridized carbons (Fsp3) is 0.556. The van der Waals surface area contributed by atoms with E-state index in [-0.39, 0.29) is 5.88 Å². The maximum absolute atomic E-state index is 8.95. The average molecular weight is 153 g/mol. The smallest absolute Gasteiger partial charge is 0.188 e. The molecule has 0 aliphatic carbocycles. The number of aryl methyl sites for hydroxylation is 1. The molecule has 0 bridgehead atoms. The van der Waals surface area contributed by atoms with Crippen molar-refractivity contribution in [1.29, 1.82) is 0 Å². The van der Waals surface area contributed by atoms with Crippen molar-refractivity contribution in [3.05, 3.63) is 17.8 Å². The van der Waals surface area contributed by atoms with Crippen molar-refractivity contribution in [2.75, 3.05) is 0 Å². The van der Waals surface area contributed by atoms with Gasteiger partial charge >= 0.3 is 0 Å². The van der Waals surface area contributed by atoms with Crippen LogP contribution in [0.2, 0.25) is 0 Å². The summed E-state index contributed by atoms with van der Waals surface area (Å²) in [5.74, 6) is 0.275. The Morgan fingerprint density at radius 3 is 2.73 bits per heavy atom. The molecule has 2 N–H and O–H groups in total. The molecule has 11 heavy (non-hydrogen) atoms. The first-order chi connectivity index (χ1) is 5.33. The number of aromatic amines is 1. The highest BCUT2D eigenvalue weighted by Crippen LogP contribution is 2.10. The number of H-pyrrole nitrogens is 1. The second-order valence-electron chi connectivity index (χ2n) is 2.83. The zero-order valence-corrected chi connectivity index (χ0v) is 6.93. The molecular formula is C9H15NO. The van der Waals surface area contributed by atoms with E-state index in [1.54, 1.807) is 6.07 Å². The molecule has 0 saturated carbocycles. The predicted octanol–water partition coefficient (Wildman–Crippen LogP) is 2.45. The first-order valence-corrected chi connectivity index (χ1v) is 4.19. The Bertz CT molecular complexity index is 205. The molecule has 0 fully saturated rings. The van der Waals surface area contributed by atoms with Gasteiger partial charge in [-0.2, -0.15) is 0 Å². The topological polar surface area (TPSA) is 36.0 Å². The zero-order chi connectivity index (χ0) is 8.10. The standard InChI is InChI=1S/C9H15NO/c1-2-3-4-5-8-6-7-9(11)10-8/h6-7,10-11H,2-5H2,1H3. The SMILES string of the molecule is CCCCCc1ccc(O)[nH]1. The fourth-order valence-electron chi connectivity index (χ4n) is 1.14. The van der Waals surface area contributed by atoms with Gasteiger partial charge in [0, 0.05) is 5.69 Å². The van der Waals surface area contributed by atoms with Crippen molar-refractivity contribution in [2.45, 2.75) is 32.6 Å². The quantitative estimate of drug-likeness (QED) is 0.640. The lowest BCUT2D eigenvalue weighted by Gasteiger charge is -1.94. The van der Waals surface area contributed by atoms with Gasteiger partial charge in [-0.1, -0.05) is 19.8 Å². The van der Waals surface area contributed by atoms with Crippen LogP contribution in [0.1, 0.15) is 31.9 Å². The third-order valence-electron chi connectivity index (χ3n) is 1.78. The van der Waals surface area contributed by atoms with Gasteiger partial charge in [-0.25, -0.2) is 0 Å². The fourth-order valence-corrected chi connectivity index (χ4v) is 1.14. The van der Waals surface area contributed by atoms with Crippen LogP contribution in [0, 0.1) is 0 Å². The Labute approximate surface area is 67.3 Å². The molecule has 0 aliphatic rings. The van der Waals surface area contributed by atoms with Crippen molar-refractivity contribution in [2.24, 2.45) is 0 Å². The Morgan fingerprint density at radius 2 is 2.18 bits per heavy atom. The monoisotopic (exact) mass is 153 g/mol. The van der Waals surface area contributed by atoms with E-state index in [2.05, 4.69) is 11.9 Å². The molecule has 1 aromatic rings. The Balaban J connectivity index is 2.27. The first-order valence-electron chi connectivity index (χ1n) is 4.19. The average Bonchev–Trinajstić information content (AvgIpc) is 2.37. The summed E-state index contributed by atoms with van der Waals surface area (Å²) in [5, 5.41) is 8.95. The molecule has 0 spiro atoms. The third kappa shape index (κ3) is 2.66. The summed E-state index contributed by atoms with van der Waals surface area (Å²) in [5.41, 5.74) is 1.14. The van der Waals surface area contributed by atoms with E-state index in [9.17, 15) is 0 Å². The van der Waals surface area contributed by atoms with Gasteiger partial charge in [0.25, 0.3) is 0 Å². The number of aromatic hydroxyl groups is 1. The van der Waals surface area contributed by atoms with Crippen LogP contribution in [0.5, 0.6) is 5.88 Å². The molecule has 0 unspecified atom stereocenters. The summed E-state index contributed by atoms with van der Waals surface area (Å²) in [6, 6.07) is 3.63. The number of rotatable bonds is 4. The molecule has 62 valence electrons. The van der Waals surface area contributed by atoms with Crippen molar-refractivity contribution in [1.82, 2.24) is 4.98 Å². The predicted molar refractivity (Wildman–Crippen MR) is 45.7 cm³/mol. The summed E-state index contributed by atoms with van der Waals surface area (Å²) in [7, 11) is 0. The molecule has 1 rings (SSSR count). The molecule has 1 aromatic heterocycles. The van der Waals surface area contributed by atoms with Gasteiger partial charge in [-0.05, 0) is 25.0 Å². The van der Waals surface area contributed by atoms with E-state index in [0.717, 1.165) is 12.1 Å². The van der Waals surface area contributed by atoms with Crippen LogP contribution >= 0.6 is 0 Å². The minimum absolute atomic E-state index is 0.275. The Kier molecular flexibility index (Phi) is 3.02. The summed E-state index contributed by atoms with van der Waals surface area (Å²) < 4.78 is 0.